The molecule has 1 rings (SSSR count). The number of unbranched alkanes of at least 4 members (excludes halogenated alkanes) is 1. The van der Waals surface area contributed by atoms with E-state index in [-0.39, 0.29) is 18.7 Å². The summed E-state index contributed by atoms with van der Waals surface area (Å²) in [5.41, 5.74) is 0. The van der Waals surface area contributed by atoms with E-state index in [2.05, 4.69) is 5.32 Å². The number of carboxylic acids is 1. The van der Waals surface area contributed by atoms with Crippen LogP contribution in [0.4, 0.5) is 4.79 Å². The van der Waals surface area contributed by atoms with Crippen LogP contribution in [-0.2, 0) is 4.79 Å². The topological polar surface area (TPSA) is 89.9 Å². The SMILES string of the molecule is CCCCC(NC(=O)N1CCCC1CO)C(=O)O. The third kappa shape index (κ3) is 3.87. The molecule has 6 heteroatoms. The number of carbonyl (C=O) groups excluding carboxylic acids is 1. The molecule has 2 amide bonds. The highest BCUT2D eigenvalue weighted by atomic mass is 16.4. The Balaban J connectivity index is 2.52. The van der Waals surface area contributed by atoms with E-state index >= 15 is 0 Å². The van der Waals surface area contributed by atoms with Crippen molar-refractivity contribution >= 4 is 12.0 Å². The molecule has 6 nitrogen and oxygen atoms in total. The van der Waals surface area contributed by atoms with Crippen LogP contribution in [0.25, 0.3) is 0 Å². The summed E-state index contributed by atoms with van der Waals surface area (Å²) >= 11 is 0. The average Bonchev–Trinajstić information content (AvgIpc) is 2.82. The lowest BCUT2D eigenvalue weighted by atomic mass is 10.1. The Labute approximate surface area is 107 Å². The van der Waals surface area contributed by atoms with Crippen molar-refractivity contribution in [3.63, 3.8) is 0 Å². The van der Waals surface area contributed by atoms with Crippen molar-refractivity contribution in [3.8, 4) is 0 Å². The number of nitrogens with one attached hydrogen (secondary N) is 1. The van der Waals surface area contributed by atoms with Crippen molar-refractivity contribution in [2.45, 2.75) is 51.1 Å². The number of aliphatic carboxylic acids is 1. The fraction of sp³-hybridized carbons (Fsp3) is 0.833. The fourth-order valence-electron chi connectivity index (χ4n) is 2.19. The second-order valence-corrected chi connectivity index (χ2v) is 4.65. The maximum absolute atomic E-state index is 11.9. The summed E-state index contributed by atoms with van der Waals surface area (Å²) in [6, 6.07) is -1.39. The molecule has 1 aliphatic rings. The maximum Gasteiger partial charge on any atom is 0.326 e. The molecular formula is C12H22N2O4. The van der Waals surface area contributed by atoms with Crippen molar-refractivity contribution in [3.05, 3.63) is 0 Å². The van der Waals surface area contributed by atoms with Crippen LogP contribution in [0.2, 0.25) is 0 Å². The van der Waals surface area contributed by atoms with Crippen LogP contribution < -0.4 is 5.32 Å². The highest BCUT2D eigenvalue weighted by Gasteiger charge is 2.30. The molecule has 1 fully saturated rings. The van der Waals surface area contributed by atoms with Gasteiger partial charge in [-0.05, 0) is 19.3 Å². The van der Waals surface area contributed by atoms with Gasteiger partial charge in [0.15, 0.2) is 0 Å². The Morgan fingerprint density at radius 3 is 2.78 bits per heavy atom. The molecule has 104 valence electrons. The second kappa shape index (κ2) is 7.20. The lowest BCUT2D eigenvalue weighted by Gasteiger charge is -2.25. The number of hydrogen-bond donors (Lipinski definition) is 3. The number of carbonyl (C=O) groups is 2. The molecule has 0 aromatic rings. The van der Waals surface area contributed by atoms with Crippen molar-refractivity contribution in [1.29, 1.82) is 0 Å². The Bertz CT molecular complexity index is 296. The van der Waals surface area contributed by atoms with Crippen LogP contribution in [-0.4, -0.2) is 52.3 Å². The summed E-state index contributed by atoms with van der Waals surface area (Å²) in [4.78, 5) is 24.5. The van der Waals surface area contributed by atoms with Crippen LogP contribution in [0.3, 0.4) is 0 Å². The van der Waals surface area contributed by atoms with E-state index in [0.29, 0.717) is 13.0 Å². The molecule has 1 aliphatic heterocycles. The summed E-state index contributed by atoms with van der Waals surface area (Å²) in [6.07, 6.45) is 3.72. The van der Waals surface area contributed by atoms with Crippen molar-refractivity contribution in [1.82, 2.24) is 10.2 Å². The first-order valence-electron chi connectivity index (χ1n) is 6.51. The Morgan fingerprint density at radius 2 is 2.22 bits per heavy atom. The van der Waals surface area contributed by atoms with Crippen LogP contribution in [0.15, 0.2) is 0 Å². The van der Waals surface area contributed by atoms with Gasteiger partial charge in [0.05, 0.1) is 12.6 Å². The van der Waals surface area contributed by atoms with E-state index in [1.165, 1.54) is 4.90 Å². The van der Waals surface area contributed by atoms with E-state index in [0.717, 1.165) is 25.7 Å². The van der Waals surface area contributed by atoms with Crippen LogP contribution in [0, 0.1) is 0 Å². The molecule has 3 N–H and O–H groups in total. The first-order valence-corrected chi connectivity index (χ1v) is 6.51. The quantitative estimate of drug-likeness (QED) is 0.657. The molecule has 0 saturated carbocycles. The molecule has 2 atom stereocenters. The van der Waals surface area contributed by atoms with Gasteiger partial charge in [0.25, 0.3) is 0 Å². The van der Waals surface area contributed by atoms with E-state index < -0.39 is 12.0 Å². The summed E-state index contributed by atoms with van der Waals surface area (Å²) < 4.78 is 0. The Kier molecular flexibility index (Phi) is 5.91. The van der Waals surface area contributed by atoms with Gasteiger partial charge in [-0.25, -0.2) is 9.59 Å². The number of aliphatic hydroxyl groups is 1. The third-order valence-electron chi connectivity index (χ3n) is 3.29. The number of urea groups is 1. The molecule has 0 radical (unpaired) electrons. The summed E-state index contributed by atoms with van der Waals surface area (Å²) in [6.45, 7) is 2.49. The second-order valence-electron chi connectivity index (χ2n) is 4.65. The zero-order chi connectivity index (χ0) is 13.5. The third-order valence-corrected chi connectivity index (χ3v) is 3.29. The molecule has 2 unspecified atom stereocenters. The standard InChI is InChI=1S/C12H22N2O4/c1-2-3-6-10(11(16)17)13-12(18)14-7-4-5-9(14)8-15/h9-10,15H,2-8H2,1H3,(H,13,18)(H,16,17). The van der Waals surface area contributed by atoms with Crippen molar-refractivity contribution in [2.75, 3.05) is 13.2 Å². The summed E-state index contributed by atoms with van der Waals surface area (Å²) in [7, 11) is 0. The van der Waals surface area contributed by atoms with Gasteiger partial charge >= 0.3 is 12.0 Å². The Morgan fingerprint density at radius 1 is 1.50 bits per heavy atom. The molecule has 1 heterocycles. The molecule has 0 bridgehead atoms. The predicted molar refractivity (Wildman–Crippen MR) is 66.3 cm³/mol. The lowest BCUT2D eigenvalue weighted by Crippen LogP contribution is -2.50. The van der Waals surface area contributed by atoms with Gasteiger partial charge < -0.3 is 20.4 Å². The molecular weight excluding hydrogens is 236 g/mol. The number of carboxylic acid groups (broad SMARTS) is 1. The van der Waals surface area contributed by atoms with Crippen molar-refractivity contribution in [2.24, 2.45) is 0 Å². The van der Waals surface area contributed by atoms with Gasteiger partial charge in [-0.3, -0.25) is 0 Å². The van der Waals surface area contributed by atoms with Crippen LogP contribution in [0.5, 0.6) is 0 Å². The molecule has 0 aliphatic carbocycles. The van der Waals surface area contributed by atoms with Gasteiger partial charge in [-0.2, -0.15) is 0 Å². The summed E-state index contributed by atoms with van der Waals surface area (Å²) in [5, 5.41) is 20.7. The zero-order valence-corrected chi connectivity index (χ0v) is 10.8. The first kappa shape index (κ1) is 14.8. The van der Waals surface area contributed by atoms with Crippen molar-refractivity contribution < 1.29 is 19.8 Å². The number of nitrogens with zero attached hydrogens (tertiary/aromatic N) is 1. The number of likely N-dealkylation sites (tertiary alicyclic amines) is 1. The minimum absolute atomic E-state index is 0.0693. The van der Waals surface area contributed by atoms with E-state index in [1.54, 1.807) is 0 Å². The number of amides is 2. The molecule has 18 heavy (non-hydrogen) atoms. The number of hydrogen-bond acceptors (Lipinski definition) is 3. The smallest absolute Gasteiger partial charge is 0.326 e. The monoisotopic (exact) mass is 258 g/mol. The van der Waals surface area contributed by atoms with Gasteiger partial charge in [-0.1, -0.05) is 19.8 Å². The van der Waals surface area contributed by atoms with E-state index in [9.17, 15) is 9.59 Å². The number of aliphatic hydroxyl groups excluding tert-OH is 1. The minimum atomic E-state index is -1.00. The maximum atomic E-state index is 11.9. The summed E-state index contributed by atoms with van der Waals surface area (Å²) in [5.74, 6) is -1.00. The normalized spacial score (nSPS) is 20.8. The number of rotatable bonds is 6. The minimum Gasteiger partial charge on any atom is -0.480 e. The highest BCUT2D eigenvalue weighted by Crippen LogP contribution is 2.16. The predicted octanol–water partition coefficient (Wildman–Crippen LogP) is 0.796. The van der Waals surface area contributed by atoms with Crippen LogP contribution >= 0.6 is 0 Å². The van der Waals surface area contributed by atoms with E-state index in [4.69, 9.17) is 10.2 Å². The van der Waals surface area contributed by atoms with E-state index in [1.807, 2.05) is 6.92 Å². The molecule has 0 spiro atoms. The largest absolute Gasteiger partial charge is 0.480 e. The molecule has 0 aromatic heterocycles. The average molecular weight is 258 g/mol. The zero-order valence-electron chi connectivity index (χ0n) is 10.8. The van der Waals surface area contributed by atoms with Gasteiger partial charge in [0.1, 0.15) is 6.04 Å². The van der Waals surface area contributed by atoms with Gasteiger partial charge in [-0.15, -0.1) is 0 Å². The van der Waals surface area contributed by atoms with Gasteiger partial charge in [0.2, 0.25) is 0 Å². The van der Waals surface area contributed by atoms with Crippen LogP contribution in [0.1, 0.15) is 39.0 Å². The fourth-order valence-corrected chi connectivity index (χ4v) is 2.19. The molecule has 0 aromatic carbocycles. The highest BCUT2D eigenvalue weighted by molar-refractivity contribution is 5.82. The molecule has 1 saturated heterocycles. The Hall–Kier alpha value is -1.30. The first-order chi connectivity index (χ1) is 8.60. The van der Waals surface area contributed by atoms with Gasteiger partial charge in [0, 0.05) is 6.54 Å². The lowest BCUT2D eigenvalue weighted by molar-refractivity contribution is -0.139.